The first-order valence-corrected chi connectivity index (χ1v) is 7.78. The van der Waals surface area contributed by atoms with Gasteiger partial charge in [-0.2, -0.15) is 5.10 Å². The molecule has 3 rings (SSSR count). The molecule has 23 heavy (non-hydrogen) atoms. The van der Waals surface area contributed by atoms with Gasteiger partial charge in [-0.05, 0) is 43.6 Å². The molecule has 2 N–H and O–H groups in total. The van der Waals surface area contributed by atoms with Crippen molar-refractivity contribution in [3.05, 3.63) is 47.3 Å². The molecule has 6 nitrogen and oxygen atoms in total. The van der Waals surface area contributed by atoms with Gasteiger partial charge < -0.3 is 5.73 Å². The standard InChI is InChI=1S/C16H20FN5O/c17-13-5-3-12(4-6-13)10-22-16(11-21-7-1-2-8-21)19-15(20-22)9-14(18)23/h3-6H,1-2,7-11H2,(H2,18,23). The Balaban J connectivity index is 1.81. The van der Waals surface area contributed by atoms with Gasteiger partial charge in [0.05, 0.1) is 19.5 Å². The number of rotatable bonds is 6. The zero-order valence-corrected chi connectivity index (χ0v) is 12.9. The van der Waals surface area contributed by atoms with E-state index in [4.69, 9.17) is 5.73 Å². The molecule has 1 aliphatic rings. The van der Waals surface area contributed by atoms with Crippen LogP contribution in [0.5, 0.6) is 0 Å². The van der Waals surface area contributed by atoms with Crippen molar-refractivity contribution in [2.45, 2.75) is 32.4 Å². The number of hydrogen-bond acceptors (Lipinski definition) is 4. The molecule has 1 amide bonds. The maximum Gasteiger partial charge on any atom is 0.225 e. The van der Waals surface area contributed by atoms with Crippen molar-refractivity contribution in [2.24, 2.45) is 5.73 Å². The SMILES string of the molecule is NC(=O)Cc1nc(CN2CCCC2)n(Cc2ccc(F)cc2)n1. The second-order valence-electron chi connectivity index (χ2n) is 5.85. The minimum absolute atomic E-state index is 0.0312. The minimum Gasteiger partial charge on any atom is -0.369 e. The quantitative estimate of drug-likeness (QED) is 0.865. The Kier molecular flexibility index (Phi) is 4.66. The van der Waals surface area contributed by atoms with Crippen molar-refractivity contribution in [1.82, 2.24) is 19.7 Å². The first kappa shape index (κ1) is 15.6. The van der Waals surface area contributed by atoms with Gasteiger partial charge in [-0.1, -0.05) is 12.1 Å². The lowest BCUT2D eigenvalue weighted by atomic mass is 10.2. The van der Waals surface area contributed by atoms with Gasteiger partial charge in [-0.15, -0.1) is 0 Å². The summed E-state index contributed by atoms with van der Waals surface area (Å²) in [4.78, 5) is 17.9. The van der Waals surface area contributed by atoms with E-state index in [0.717, 1.165) is 24.5 Å². The van der Waals surface area contributed by atoms with Crippen LogP contribution in [0.2, 0.25) is 0 Å². The first-order chi connectivity index (χ1) is 11.1. The molecular weight excluding hydrogens is 297 g/mol. The summed E-state index contributed by atoms with van der Waals surface area (Å²) in [6, 6.07) is 6.31. The van der Waals surface area contributed by atoms with Crippen LogP contribution in [-0.2, 0) is 24.3 Å². The highest BCUT2D eigenvalue weighted by Crippen LogP contribution is 2.13. The van der Waals surface area contributed by atoms with Gasteiger partial charge >= 0.3 is 0 Å². The number of halogens is 1. The predicted molar refractivity (Wildman–Crippen MR) is 82.9 cm³/mol. The largest absolute Gasteiger partial charge is 0.369 e. The third-order valence-corrected chi connectivity index (χ3v) is 3.93. The number of primary amides is 1. The van der Waals surface area contributed by atoms with E-state index in [1.807, 2.05) is 0 Å². The van der Waals surface area contributed by atoms with Gasteiger partial charge in [-0.25, -0.2) is 14.1 Å². The number of hydrogen-bond donors (Lipinski definition) is 1. The van der Waals surface area contributed by atoms with Crippen molar-refractivity contribution in [2.75, 3.05) is 13.1 Å². The summed E-state index contributed by atoms with van der Waals surface area (Å²) in [5, 5.41) is 4.39. The average Bonchev–Trinajstić information content (AvgIpc) is 3.12. The lowest BCUT2D eigenvalue weighted by Crippen LogP contribution is -2.21. The molecule has 0 unspecified atom stereocenters. The zero-order valence-electron chi connectivity index (χ0n) is 12.9. The normalized spacial score (nSPS) is 15.2. The molecule has 0 spiro atoms. The number of amides is 1. The average molecular weight is 317 g/mol. The van der Waals surface area contributed by atoms with Gasteiger partial charge in [0.25, 0.3) is 0 Å². The molecule has 1 aromatic heterocycles. The summed E-state index contributed by atoms with van der Waals surface area (Å²) in [5.74, 6) is 0.539. The summed E-state index contributed by atoms with van der Waals surface area (Å²) in [5.41, 5.74) is 6.17. The zero-order chi connectivity index (χ0) is 16.2. The molecule has 0 saturated carbocycles. The Labute approximate surface area is 134 Å². The highest BCUT2D eigenvalue weighted by molar-refractivity contribution is 5.75. The fraction of sp³-hybridized carbons (Fsp3) is 0.438. The summed E-state index contributed by atoms with van der Waals surface area (Å²) < 4.78 is 14.8. The van der Waals surface area contributed by atoms with E-state index in [1.54, 1.807) is 16.8 Å². The van der Waals surface area contributed by atoms with Crippen LogP contribution in [0.4, 0.5) is 4.39 Å². The van der Waals surface area contributed by atoms with Gasteiger partial charge in [0.2, 0.25) is 5.91 Å². The Morgan fingerprint density at radius 2 is 1.87 bits per heavy atom. The maximum absolute atomic E-state index is 13.0. The second-order valence-corrected chi connectivity index (χ2v) is 5.85. The highest BCUT2D eigenvalue weighted by Gasteiger charge is 2.18. The van der Waals surface area contributed by atoms with E-state index in [1.165, 1.54) is 25.0 Å². The lowest BCUT2D eigenvalue weighted by Gasteiger charge is -2.14. The summed E-state index contributed by atoms with van der Waals surface area (Å²) in [6.07, 6.45) is 2.42. The van der Waals surface area contributed by atoms with Gasteiger partial charge in [-0.3, -0.25) is 9.69 Å². The maximum atomic E-state index is 13.0. The summed E-state index contributed by atoms with van der Waals surface area (Å²) in [6.45, 7) is 3.30. The van der Waals surface area contributed by atoms with E-state index in [2.05, 4.69) is 15.0 Å². The Morgan fingerprint density at radius 1 is 1.17 bits per heavy atom. The number of nitrogens with zero attached hydrogens (tertiary/aromatic N) is 4. The number of carbonyl (C=O) groups is 1. The van der Waals surface area contributed by atoms with E-state index >= 15 is 0 Å². The Bertz CT molecular complexity index is 676. The second kappa shape index (κ2) is 6.87. The third kappa shape index (κ3) is 4.13. The van der Waals surface area contributed by atoms with Crippen LogP contribution in [0.1, 0.15) is 30.1 Å². The van der Waals surface area contributed by atoms with Crippen LogP contribution >= 0.6 is 0 Å². The van der Waals surface area contributed by atoms with Crippen molar-refractivity contribution < 1.29 is 9.18 Å². The van der Waals surface area contributed by atoms with Crippen LogP contribution in [0.3, 0.4) is 0 Å². The molecule has 1 aliphatic heterocycles. The lowest BCUT2D eigenvalue weighted by molar-refractivity contribution is -0.117. The van der Waals surface area contributed by atoms with Crippen LogP contribution in [-0.4, -0.2) is 38.7 Å². The Morgan fingerprint density at radius 3 is 2.52 bits per heavy atom. The molecular formula is C16H20FN5O. The molecule has 0 aliphatic carbocycles. The van der Waals surface area contributed by atoms with E-state index < -0.39 is 5.91 Å². The molecule has 2 aromatic rings. The number of nitrogens with two attached hydrogens (primary N) is 1. The Hall–Kier alpha value is -2.28. The molecule has 0 atom stereocenters. The van der Waals surface area contributed by atoms with Gasteiger partial charge in [0.15, 0.2) is 5.82 Å². The van der Waals surface area contributed by atoms with Crippen LogP contribution < -0.4 is 5.73 Å². The topological polar surface area (TPSA) is 77.0 Å². The van der Waals surface area contributed by atoms with E-state index in [-0.39, 0.29) is 12.2 Å². The van der Waals surface area contributed by atoms with Crippen molar-refractivity contribution in [3.63, 3.8) is 0 Å². The summed E-state index contributed by atoms with van der Waals surface area (Å²) >= 11 is 0. The smallest absolute Gasteiger partial charge is 0.225 e. The number of carbonyl (C=O) groups excluding carboxylic acids is 1. The molecule has 122 valence electrons. The van der Waals surface area contributed by atoms with Gasteiger partial charge in [0, 0.05) is 0 Å². The fourth-order valence-electron chi connectivity index (χ4n) is 2.80. The molecule has 0 bridgehead atoms. The van der Waals surface area contributed by atoms with Crippen LogP contribution in [0.15, 0.2) is 24.3 Å². The molecule has 7 heteroatoms. The van der Waals surface area contributed by atoms with E-state index in [0.29, 0.717) is 18.9 Å². The number of likely N-dealkylation sites (tertiary alicyclic amines) is 1. The molecule has 2 heterocycles. The van der Waals surface area contributed by atoms with Crippen molar-refractivity contribution in [1.29, 1.82) is 0 Å². The van der Waals surface area contributed by atoms with Gasteiger partial charge in [0.1, 0.15) is 11.6 Å². The molecule has 0 radical (unpaired) electrons. The van der Waals surface area contributed by atoms with E-state index in [9.17, 15) is 9.18 Å². The highest BCUT2D eigenvalue weighted by atomic mass is 19.1. The minimum atomic E-state index is -0.448. The third-order valence-electron chi connectivity index (χ3n) is 3.93. The monoisotopic (exact) mass is 317 g/mol. The van der Waals surface area contributed by atoms with Crippen molar-refractivity contribution >= 4 is 5.91 Å². The van der Waals surface area contributed by atoms with Crippen LogP contribution in [0.25, 0.3) is 0 Å². The number of aromatic nitrogens is 3. The molecule has 1 aromatic carbocycles. The fourth-order valence-corrected chi connectivity index (χ4v) is 2.80. The molecule has 1 fully saturated rings. The molecule has 1 saturated heterocycles. The first-order valence-electron chi connectivity index (χ1n) is 7.78. The van der Waals surface area contributed by atoms with Crippen molar-refractivity contribution in [3.8, 4) is 0 Å². The van der Waals surface area contributed by atoms with Crippen LogP contribution in [0, 0.1) is 5.82 Å². The summed E-state index contributed by atoms with van der Waals surface area (Å²) in [7, 11) is 0. The predicted octanol–water partition coefficient (Wildman–Crippen LogP) is 1.09. The number of benzene rings is 1.